The molecule has 0 amide bonds. The van der Waals surface area contributed by atoms with E-state index in [0.29, 0.717) is 6.61 Å². The summed E-state index contributed by atoms with van der Waals surface area (Å²) in [5, 5.41) is 15.5. The van der Waals surface area contributed by atoms with Crippen molar-refractivity contribution in [2.24, 2.45) is 0 Å². The SMILES string of the molecule is CC1(C)O[C@H]2O[C@](CO)(CO[Si](c3ccccc3)(c3ccccc3)C(C)(C)C)[C@@H](OCc3ccc4ccccc4c3)[C@H]2O1. The lowest BCUT2D eigenvalue weighted by atomic mass is 9.96. The molecular formula is C36H42O6Si. The van der Waals surface area contributed by atoms with Gasteiger partial charge in [-0.2, -0.15) is 0 Å². The Labute approximate surface area is 255 Å². The highest BCUT2D eigenvalue weighted by Crippen LogP contribution is 2.45. The highest BCUT2D eigenvalue weighted by Gasteiger charge is 2.64. The molecule has 0 aliphatic carbocycles. The molecule has 43 heavy (non-hydrogen) atoms. The largest absolute Gasteiger partial charge is 0.404 e. The minimum Gasteiger partial charge on any atom is -0.404 e. The van der Waals surface area contributed by atoms with Gasteiger partial charge in [-0.15, -0.1) is 0 Å². The second kappa shape index (κ2) is 11.6. The molecule has 0 radical (unpaired) electrons. The van der Waals surface area contributed by atoms with E-state index in [1.165, 1.54) is 5.39 Å². The highest BCUT2D eigenvalue weighted by atomic mass is 28.4. The van der Waals surface area contributed by atoms with E-state index in [1.54, 1.807) is 0 Å². The average molecular weight is 599 g/mol. The van der Waals surface area contributed by atoms with Crippen molar-refractivity contribution in [1.29, 1.82) is 0 Å². The van der Waals surface area contributed by atoms with Crippen LogP contribution in [0.1, 0.15) is 40.2 Å². The van der Waals surface area contributed by atoms with E-state index in [9.17, 15) is 5.11 Å². The maximum atomic E-state index is 11.1. The molecule has 6 rings (SSSR count). The maximum Gasteiger partial charge on any atom is 0.261 e. The highest BCUT2D eigenvalue weighted by molar-refractivity contribution is 6.99. The van der Waals surface area contributed by atoms with Crippen molar-refractivity contribution >= 4 is 29.5 Å². The number of aliphatic hydroxyl groups is 1. The fourth-order valence-corrected chi connectivity index (χ4v) is 11.3. The molecule has 7 heteroatoms. The van der Waals surface area contributed by atoms with Gasteiger partial charge in [-0.1, -0.05) is 118 Å². The van der Waals surface area contributed by atoms with Crippen LogP contribution in [0, 0.1) is 0 Å². The topological polar surface area (TPSA) is 66.4 Å². The summed E-state index contributed by atoms with van der Waals surface area (Å²) in [5.41, 5.74) is -0.171. The molecule has 2 fully saturated rings. The number of rotatable bonds is 9. The lowest BCUT2D eigenvalue weighted by Crippen LogP contribution is -2.68. The summed E-state index contributed by atoms with van der Waals surface area (Å²) in [7, 11) is -2.92. The predicted molar refractivity (Wildman–Crippen MR) is 171 cm³/mol. The summed E-state index contributed by atoms with van der Waals surface area (Å²) in [6.45, 7) is 10.6. The molecular weight excluding hydrogens is 556 g/mol. The van der Waals surface area contributed by atoms with E-state index < -0.39 is 38.2 Å². The molecule has 1 N–H and O–H groups in total. The monoisotopic (exact) mass is 598 g/mol. The summed E-state index contributed by atoms with van der Waals surface area (Å²) >= 11 is 0. The van der Waals surface area contributed by atoms with Gasteiger partial charge in [-0.05, 0) is 51.7 Å². The summed E-state index contributed by atoms with van der Waals surface area (Å²) in [4.78, 5) is 0. The van der Waals surface area contributed by atoms with Crippen molar-refractivity contribution in [3.8, 4) is 0 Å². The zero-order valence-electron chi connectivity index (χ0n) is 25.7. The Morgan fingerprint density at radius 1 is 0.767 bits per heavy atom. The van der Waals surface area contributed by atoms with E-state index in [-0.39, 0.29) is 18.3 Å². The number of hydrogen-bond acceptors (Lipinski definition) is 6. The van der Waals surface area contributed by atoms with Crippen molar-refractivity contribution in [1.82, 2.24) is 0 Å². The fourth-order valence-electron chi connectivity index (χ4n) is 6.69. The van der Waals surface area contributed by atoms with E-state index in [2.05, 4.69) is 99.6 Å². The lowest BCUT2D eigenvalue weighted by molar-refractivity contribution is -0.257. The first-order chi connectivity index (χ1) is 20.6. The second-order valence-electron chi connectivity index (χ2n) is 13.2. The summed E-state index contributed by atoms with van der Waals surface area (Å²) in [6, 6.07) is 35.5. The van der Waals surface area contributed by atoms with E-state index in [4.69, 9.17) is 23.4 Å². The number of aliphatic hydroxyl groups excluding tert-OH is 1. The molecule has 0 spiro atoms. The molecule has 4 atom stereocenters. The molecule has 2 saturated heterocycles. The fraction of sp³-hybridized carbons (Fsp3) is 0.389. The number of benzene rings is 4. The Kier molecular flexibility index (Phi) is 8.11. The summed E-state index contributed by atoms with van der Waals surface area (Å²) < 4.78 is 33.0. The van der Waals surface area contributed by atoms with E-state index in [0.717, 1.165) is 21.3 Å². The van der Waals surface area contributed by atoms with Crippen LogP contribution in [0.15, 0.2) is 103 Å². The first-order valence-corrected chi connectivity index (χ1v) is 17.0. The van der Waals surface area contributed by atoms with Gasteiger partial charge in [0.05, 0.1) is 19.8 Å². The third kappa shape index (κ3) is 5.60. The third-order valence-corrected chi connectivity index (χ3v) is 13.7. The van der Waals surface area contributed by atoms with Crippen LogP contribution in [0.5, 0.6) is 0 Å². The van der Waals surface area contributed by atoms with Gasteiger partial charge >= 0.3 is 0 Å². The van der Waals surface area contributed by atoms with Gasteiger partial charge in [0.15, 0.2) is 12.1 Å². The van der Waals surface area contributed by atoms with Gasteiger partial charge in [-0.25, -0.2) is 0 Å². The van der Waals surface area contributed by atoms with Gasteiger partial charge in [-0.3, -0.25) is 0 Å². The molecule has 0 aromatic heterocycles. The standard InChI is InChI=1S/C36H42O6Si/c1-34(2,3)43(29-16-8-6-9-17-29,30-18-10-7-11-19-30)39-25-36(24-37)32(31-33(42-36)41-35(4,5)40-31)38-23-26-20-21-27-14-12-13-15-28(27)22-26/h6-22,31-33,37H,23-25H2,1-5H3/t31-,32+,33+,36-/m1/s1. The zero-order chi connectivity index (χ0) is 30.3. The molecule has 6 nitrogen and oxygen atoms in total. The number of hydrogen-bond donors (Lipinski definition) is 1. The first-order valence-electron chi connectivity index (χ1n) is 15.1. The Morgan fingerprint density at radius 2 is 1.37 bits per heavy atom. The molecule has 2 aliphatic heterocycles. The van der Waals surface area contributed by atoms with Crippen molar-refractivity contribution in [2.75, 3.05) is 13.2 Å². The van der Waals surface area contributed by atoms with Crippen LogP contribution in [0.2, 0.25) is 5.04 Å². The van der Waals surface area contributed by atoms with Crippen LogP contribution in [0.4, 0.5) is 0 Å². The Morgan fingerprint density at radius 3 is 1.98 bits per heavy atom. The second-order valence-corrected chi connectivity index (χ2v) is 17.5. The molecule has 0 unspecified atom stereocenters. The molecule has 0 saturated carbocycles. The Bertz CT molecular complexity index is 1500. The van der Waals surface area contributed by atoms with Crippen molar-refractivity contribution in [2.45, 2.75) is 76.1 Å². The third-order valence-electron chi connectivity index (χ3n) is 8.72. The van der Waals surface area contributed by atoms with Crippen LogP contribution in [0.25, 0.3) is 10.8 Å². The van der Waals surface area contributed by atoms with Crippen LogP contribution < -0.4 is 10.4 Å². The quantitative estimate of drug-likeness (QED) is 0.255. The normalized spacial score (nSPS) is 25.2. The van der Waals surface area contributed by atoms with Crippen molar-refractivity contribution in [3.05, 3.63) is 109 Å². The predicted octanol–water partition coefficient (Wildman–Crippen LogP) is 5.54. The molecule has 0 bridgehead atoms. The molecule has 4 aromatic rings. The lowest BCUT2D eigenvalue weighted by Gasteiger charge is -2.45. The van der Waals surface area contributed by atoms with Gasteiger partial charge in [0, 0.05) is 0 Å². The minimum atomic E-state index is -2.92. The minimum absolute atomic E-state index is 0.110. The van der Waals surface area contributed by atoms with Crippen LogP contribution in [-0.4, -0.2) is 56.5 Å². The smallest absolute Gasteiger partial charge is 0.261 e. The number of ether oxygens (including phenoxy) is 4. The van der Waals surface area contributed by atoms with Gasteiger partial charge in [0.25, 0.3) is 8.32 Å². The number of fused-ring (bicyclic) bond motifs is 2. The van der Waals surface area contributed by atoms with Crippen LogP contribution in [0.3, 0.4) is 0 Å². The molecule has 226 valence electrons. The van der Waals surface area contributed by atoms with Crippen LogP contribution >= 0.6 is 0 Å². The zero-order valence-corrected chi connectivity index (χ0v) is 26.7. The van der Waals surface area contributed by atoms with E-state index >= 15 is 0 Å². The Balaban J connectivity index is 1.36. The van der Waals surface area contributed by atoms with Crippen molar-refractivity contribution < 1.29 is 28.5 Å². The summed E-state index contributed by atoms with van der Waals surface area (Å²) in [5.74, 6) is -0.833. The molecule has 2 aliphatic rings. The molecule has 4 aromatic carbocycles. The van der Waals surface area contributed by atoms with Crippen LogP contribution in [-0.2, 0) is 30.0 Å². The van der Waals surface area contributed by atoms with Gasteiger partial charge in [0.1, 0.15) is 17.8 Å². The van der Waals surface area contributed by atoms with E-state index in [1.807, 2.05) is 38.1 Å². The summed E-state index contributed by atoms with van der Waals surface area (Å²) in [6.07, 6.45) is -1.84. The van der Waals surface area contributed by atoms with Crippen molar-refractivity contribution in [3.63, 3.8) is 0 Å². The molecule has 2 heterocycles. The Hall–Kier alpha value is -2.88. The maximum absolute atomic E-state index is 11.1. The van der Waals surface area contributed by atoms with Gasteiger partial charge in [0.2, 0.25) is 0 Å². The average Bonchev–Trinajstić information content (AvgIpc) is 3.44. The first kappa shape index (κ1) is 30.2. The van der Waals surface area contributed by atoms with Gasteiger partial charge < -0.3 is 28.5 Å².